The van der Waals surface area contributed by atoms with Crippen LogP contribution in [0.1, 0.15) is 37.7 Å². The molecule has 4 nitrogen and oxygen atoms in total. The van der Waals surface area contributed by atoms with Crippen molar-refractivity contribution in [2.45, 2.75) is 50.7 Å². The van der Waals surface area contributed by atoms with Crippen LogP contribution in [0.5, 0.6) is 0 Å². The fraction of sp³-hybridized carbons (Fsp3) is 0.588. The minimum atomic E-state index is -0.738. The summed E-state index contributed by atoms with van der Waals surface area (Å²) in [6.07, 6.45) is 5.33. The minimum Gasteiger partial charge on any atom is -0.481 e. The van der Waals surface area contributed by atoms with Crippen molar-refractivity contribution in [1.29, 1.82) is 0 Å². The first-order valence-electron chi connectivity index (χ1n) is 7.92. The average Bonchev–Trinajstić information content (AvgIpc) is 2.70. The van der Waals surface area contributed by atoms with Gasteiger partial charge < -0.3 is 15.1 Å². The van der Waals surface area contributed by atoms with Gasteiger partial charge in [-0.1, -0.05) is 37.5 Å². The molecule has 3 atom stereocenters. The first-order chi connectivity index (χ1) is 10.2. The summed E-state index contributed by atoms with van der Waals surface area (Å²) in [5.74, 6) is -1.12. The fourth-order valence-electron chi connectivity index (χ4n) is 3.74. The van der Waals surface area contributed by atoms with E-state index in [4.69, 9.17) is 0 Å². The Labute approximate surface area is 125 Å². The molecule has 3 rings (SSSR count). The molecule has 1 heterocycles. The van der Waals surface area contributed by atoms with Crippen LogP contribution in [0, 0.1) is 5.92 Å². The predicted molar refractivity (Wildman–Crippen MR) is 81.5 cm³/mol. The first kappa shape index (κ1) is 14.4. The van der Waals surface area contributed by atoms with Crippen LogP contribution in [-0.2, 0) is 11.2 Å². The smallest absolute Gasteiger partial charge is 0.308 e. The van der Waals surface area contributed by atoms with Crippen molar-refractivity contribution in [3.63, 3.8) is 0 Å². The molecular weight excluding hydrogens is 266 g/mol. The quantitative estimate of drug-likeness (QED) is 0.821. The van der Waals surface area contributed by atoms with E-state index in [1.165, 1.54) is 0 Å². The highest BCUT2D eigenvalue weighted by molar-refractivity contribution is 5.74. The van der Waals surface area contributed by atoms with Crippen LogP contribution in [0.15, 0.2) is 24.3 Å². The Balaban J connectivity index is 1.93. The first-order valence-corrected chi connectivity index (χ1v) is 7.92. The van der Waals surface area contributed by atoms with Crippen molar-refractivity contribution in [3.05, 3.63) is 29.8 Å². The third-order valence-corrected chi connectivity index (χ3v) is 4.88. The standard InChI is InChI=1S/C17H23NO3/c19-16-9-3-1-2-8-15(16)18-11-13(17(20)21)10-12-6-4-5-7-14(12)18/h4-7,13,15-16,19H,1-3,8-11H2,(H,20,21). The van der Waals surface area contributed by atoms with Crippen molar-refractivity contribution >= 4 is 11.7 Å². The van der Waals surface area contributed by atoms with Gasteiger partial charge in [0.2, 0.25) is 0 Å². The highest BCUT2D eigenvalue weighted by Gasteiger charge is 2.35. The molecule has 0 radical (unpaired) electrons. The van der Waals surface area contributed by atoms with E-state index < -0.39 is 5.97 Å². The summed E-state index contributed by atoms with van der Waals surface area (Å²) in [5, 5.41) is 19.9. The zero-order chi connectivity index (χ0) is 14.8. The van der Waals surface area contributed by atoms with Gasteiger partial charge in [-0.05, 0) is 30.9 Å². The predicted octanol–water partition coefficient (Wildman–Crippen LogP) is 2.44. The van der Waals surface area contributed by atoms with Crippen molar-refractivity contribution < 1.29 is 15.0 Å². The topological polar surface area (TPSA) is 60.8 Å². The molecule has 1 saturated carbocycles. The number of aliphatic carboxylic acids is 1. The molecule has 0 amide bonds. The molecule has 0 aromatic heterocycles. The van der Waals surface area contributed by atoms with Crippen LogP contribution in [0.25, 0.3) is 0 Å². The number of rotatable bonds is 2. The number of carboxylic acid groups (broad SMARTS) is 1. The second-order valence-electron chi connectivity index (χ2n) is 6.29. The highest BCUT2D eigenvalue weighted by Crippen LogP contribution is 2.35. The molecule has 2 aliphatic rings. The zero-order valence-electron chi connectivity index (χ0n) is 12.2. The van der Waals surface area contributed by atoms with Gasteiger partial charge in [0.25, 0.3) is 0 Å². The van der Waals surface area contributed by atoms with E-state index >= 15 is 0 Å². The van der Waals surface area contributed by atoms with E-state index in [0.29, 0.717) is 13.0 Å². The summed E-state index contributed by atoms with van der Waals surface area (Å²) >= 11 is 0. The highest BCUT2D eigenvalue weighted by atomic mass is 16.4. The number of carbonyl (C=O) groups is 1. The number of benzene rings is 1. The molecule has 1 aromatic rings. The number of fused-ring (bicyclic) bond motifs is 1. The molecule has 3 unspecified atom stereocenters. The summed E-state index contributed by atoms with van der Waals surface area (Å²) in [7, 11) is 0. The molecule has 114 valence electrons. The maximum absolute atomic E-state index is 11.5. The molecular formula is C17H23NO3. The summed E-state index contributed by atoms with van der Waals surface area (Å²) in [4.78, 5) is 13.6. The lowest BCUT2D eigenvalue weighted by Gasteiger charge is -2.41. The Morgan fingerprint density at radius 2 is 1.90 bits per heavy atom. The van der Waals surface area contributed by atoms with E-state index in [2.05, 4.69) is 11.0 Å². The summed E-state index contributed by atoms with van der Waals surface area (Å²) in [6.45, 7) is 0.508. The molecule has 4 heteroatoms. The third kappa shape index (κ3) is 2.91. The molecule has 1 aliphatic carbocycles. The van der Waals surface area contributed by atoms with Gasteiger partial charge in [-0.2, -0.15) is 0 Å². The molecule has 2 N–H and O–H groups in total. The summed E-state index contributed by atoms with van der Waals surface area (Å²) in [5.41, 5.74) is 2.20. The normalized spacial score (nSPS) is 29.6. The van der Waals surface area contributed by atoms with Gasteiger partial charge in [0.05, 0.1) is 18.1 Å². The van der Waals surface area contributed by atoms with Crippen LogP contribution in [-0.4, -0.2) is 34.9 Å². The van der Waals surface area contributed by atoms with Crippen LogP contribution in [0.2, 0.25) is 0 Å². The fourth-order valence-corrected chi connectivity index (χ4v) is 3.74. The SMILES string of the molecule is O=C(O)C1Cc2ccccc2N(C2CCCCCC2O)C1. The van der Waals surface area contributed by atoms with E-state index in [9.17, 15) is 15.0 Å². The Bertz CT molecular complexity index is 517. The minimum absolute atomic E-state index is 0.0517. The van der Waals surface area contributed by atoms with Crippen LogP contribution in [0.3, 0.4) is 0 Å². The monoisotopic (exact) mass is 289 g/mol. The number of aliphatic hydroxyl groups is 1. The van der Waals surface area contributed by atoms with Crippen molar-refractivity contribution in [1.82, 2.24) is 0 Å². The Kier molecular flexibility index (Phi) is 4.15. The second kappa shape index (κ2) is 6.06. The molecule has 0 bridgehead atoms. The Morgan fingerprint density at radius 3 is 2.71 bits per heavy atom. The van der Waals surface area contributed by atoms with Gasteiger partial charge in [0, 0.05) is 12.2 Å². The van der Waals surface area contributed by atoms with Crippen LogP contribution >= 0.6 is 0 Å². The second-order valence-corrected chi connectivity index (χ2v) is 6.29. The maximum atomic E-state index is 11.5. The lowest BCUT2D eigenvalue weighted by atomic mass is 9.89. The van der Waals surface area contributed by atoms with Crippen LogP contribution in [0.4, 0.5) is 5.69 Å². The van der Waals surface area contributed by atoms with E-state index in [1.807, 2.05) is 18.2 Å². The lowest BCUT2D eigenvalue weighted by molar-refractivity contribution is -0.141. The zero-order valence-corrected chi connectivity index (χ0v) is 12.2. The van der Waals surface area contributed by atoms with Gasteiger partial charge >= 0.3 is 5.97 Å². The van der Waals surface area contributed by atoms with E-state index in [-0.39, 0.29) is 18.1 Å². The van der Waals surface area contributed by atoms with E-state index in [1.54, 1.807) is 0 Å². The average molecular weight is 289 g/mol. The molecule has 1 aromatic carbocycles. The number of aliphatic hydroxyl groups excluding tert-OH is 1. The molecule has 1 aliphatic heterocycles. The number of carboxylic acids is 1. The molecule has 0 spiro atoms. The number of para-hydroxylation sites is 1. The third-order valence-electron chi connectivity index (χ3n) is 4.88. The Hall–Kier alpha value is -1.55. The summed E-state index contributed by atoms with van der Waals surface area (Å²) < 4.78 is 0. The van der Waals surface area contributed by atoms with Gasteiger partial charge in [-0.25, -0.2) is 0 Å². The molecule has 0 saturated heterocycles. The molecule has 21 heavy (non-hydrogen) atoms. The molecule has 1 fully saturated rings. The number of nitrogens with zero attached hydrogens (tertiary/aromatic N) is 1. The maximum Gasteiger partial charge on any atom is 0.308 e. The van der Waals surface area contributed by atoms with Crippen LogP contribution < -0.4 is 4.90 Å². The van der Waals surface area contributed by atoms with Gasteiger partial charge in [-0.15, -0.1) is 0 Å². The summed E-state index contributed by atoms with van der Waals surface area (Å²) in [6, 6.07) is 8.09. The Morgan fingerprint density at radius 1 is 1.14 bits per heavy atom. The largest absolute Gasteiger partial charge is 0.481 e. The van der Waals surface area contributed by atoms with Crippen molar-refractivity contribution in [2.24, 2.45) is 5.92 Å². The van der Waals surface area contributed by atoms with Gasteiger partial charge in [0.1, 0.15) is 0 Å². The van der Waals surface area contributed by atoms with Crippen molar-refractivity contribution in [2.75, 3.05) is 11.4 Å². The number of hydrogen-bond donors (Lipinski definition) is 2. The van der Waals surface area contributed by atoms with E-state index in [0.717, 1.165) is 43.4 Å². The number of anilines is 1. The van der Waals surface area contributed by atoms with Crippen molar-refractivity contribution in [3.8, 4) is 0 Å². The lowest BCUT2D eigenvalue weighted by Crippen LogP contribution is -2.49. The number of hydrogen-bond acceptors (Lipinski definition) is 3. The van der Waals surface area contributed by atoms with Gasteiger partial charge in [-0.3, -0.25) is 4.79 Å². The van der Waals surface area contributed by atoms with Gasteiger partial charge in [0.15, 0.2) is 0 Å².